The van der Waals surface area contributed by atoms with Crippen LogP contribution < -0.4 is 4.90 Å². The first-order chi connectivity index (χ1) is 8.50. The van der Waals surface area contributed by atoms with Gasteiger partial charge in [0.15, 0.2) is 0 Å². The molecule has 6 nitrogen and oxygen atoms in total. The second-order valence-electron chi connectivity index (χ2n) is 4.08. The van der Waals surface area contributed by atoms with E-state index in [2.05, 4.69) is 0 Å². The highest BCUT2D eigenvalue weighted by Crippen LogP contribution is 2.34. The molecule has 1 aromatic carbocycles. The Morgan fingerprint density at radius 3 is 2.89 bits per heavy atom. The molecule has 0 amide bonds. The fraction of sp³-hybridized carbons (Fsp3) is 0.364. The summed E-state index contributed by atoms with van der Waals surface area (Å²) in [6, 6.07) is 4.18. The normalized spacial score (nSPS) is 18.9. The third-order valence-corrected chi connectivity index (χ3v) is 3.65. The summed E-state index contributed by atoms with van der Waals surface area (Å²) in [6.07, 6.45) is 1.26. The summed E-state index contributed by atoms with van der Waals surface area (Å²) in [5, 5.41) is 20.2. The van der Waals surface area contributed by atoms with Gasteiger partial charge in [0.2, 0.25) is 0 Å². The first-order valence-corrected chi connectivity index (χ1v) is 6.52. The van der Waals surface area contributed by atoms with Crippen LogP contribution >= 0.6 is 22.6 Å². The molecule has 1 aromatic rings. The number of nitro groups is 1. The minimum absolute atomic E-state index is 0.0324. The molecule has 18 heavy (non-hydrogen) atoms. The Labute approximate surface area is 117 Å². The summed E-state index contributed by atoms with van der Waals surface area (Å²) in [7, 11) is 0. The van der Waals surface area contributed by atoms with Gasteiger partial charge >= 0.3 is 5.97 Å². The number of hydrogen-bond donors (Lipinski definition) is 1. The van der Waals surface area contributed by atoms with Crippen molar-refractivity contribution in [2.24, 2.45) is 0 Å². The van der Waals surface area contributed by atoms with Gasteiger partial charge in [-0.2, -0.15) is 0 Å². The van der Waals surface area contributed by atoms with E-state index in [1.165, 1.54) is 6.07 Å². The van der Waals surface area contributed by atoms with Gasteiger partial charge in [0.1, 0.15) is 11.7 Å². The zero-order valence-electron chi connectivity index (χ0n) is 9.38. The number of halogens is 1. The average molecular weight is 362 g/mol. The second-order valence-corrected chi connectivity index (χ2v) is 5.33. The summed E-state index contributed by atoms with van der Waals surface area (Å²) in [5.41, 5.74) is 0.361. The molecule has 1 fully saturated rings. The molecule has 0 bridgehead atoms. The van der Waals surface area contributed by atoms with Gasteiger partial charge in [0.25, 0.3) is 5.69 Å². The molecule has 0 aromatic heterocycles. The summed E-state index contributed by atoms with van der Waals surface area (Å²) in [5.74, 6) is -0.930. The minimum atomic E-state index is -0.930. The fourth-order valence-corrected chi connectivity index (χ4v) is 2.67. The van der Waals surface area contributed by atoms with Crippen molar-refractivity contribution in [1.82, 2.24) is 0 Å². The molecule has 1 atom stereocenters. The molecule has 0 spiro atoms. The zero-order chi connectivity index (χ0) is 13.3. The number of nitro benzene ring substituents is 1. The topological polar surface area (TPSA) is 83.7 Å². The van der Waals surface area contributed by atoms with Gasteiger partial charge in [0.05, 0.1) is 4.92 Å². The van der Waals surface area contributed by atoms with Crippen LogP contribution in [0.4, 0.5) is 11.4 Å². The van der Waals surface area contributed by atoms with Crippen molar-refractivity contribution < 1.29 is 14.8 Å². The van der Waals surface area contributed by atoms with Crippen LogP contribution in [0.2, 0.25) is 0 Å². The Bertz CT molecular complexity index is 506. The van der Waals surface area contributed by atoms with E-state index in [1.54, 1.807) is 17.0 Å². The predicted octanol–water partition coefficient (Wildman–Crippen LogP) is 2.25. The number of aliphatic carboxylic acids is 1. The van der Waals surface area contributed by atoms with Gasteiger partial charge in [-0.1, -0.05) is 0 Å². The third-order valence-electron chi connectivity index (χ3n) is 2.98. The fourth-order valence-electron chi connectivity index (χ4n) is 2.20. The van der Waals surface area contributed by atoms with E-state index in [4.69, 9.17) is 5.11 Å². The molecule has 1 N–H and O–H groups in total. The maximum atomic E-state index is 11.1. The number of anilines is 1. The predicted molar refractivity (Wildman–Crippen MR) is 73.8 cm³/mol. The van der Waals surface area contributed by atoms with Crippen LogP contribution in [0.5, 0.6) is 0 Å². The van der Waals surface area contributed by atoms with Crippen LogP contribution in [0, 0.1) is 13.7 Å². The number of rotatable bonds is 3. The van der Waals surface area contributed by atoms with Gasteiger partial charge in [-0.05, 0) is 47.6 Å². The lowest BCUT2D eigenvalue weighted by Gasteiger charge is -2.23. The number of carboxylic acid groups (broad SMARTS) is 1. The van der Waals surface area contributed by atoms with E-state index in [1.807, 2.05) is 22.6 Å². The van der Waals surface area contributed by atoms with Crippen molar-refractivity contribution in [2.75, 3.05) is 11.4 Å². The quantitative estimate of drug-likeness (QED) is 0.507. The van der Waals surface area contributed by atoms with Crippen molar-refractivity contribution in [3.05, 3.63) is 31.9 Å². The number of benzene rings is 1. The molecular weight excluding hydrogens is 351 g/mol. The highest BCUT2D eigenvalue weighted by Gasteiger charge is 2.34. The summed E-state index contributed by atoms with van der Waals surface area (Å²) >= 11 is 2.00. The molecule has 1 heterocycles. The van der Waals surface area contributed by atoms with Gasteiger partial charge in [0, 0.05) is 16.2 Å². The number of carboxylic acids is 1. The van der Waals surface area contributed by atoms with E-state index in [-0.39, 0.29) is 5.69 Å². The molecule has 7 heteroatoms. The SMILES string of the molecule is O=C(O)C1CCCN1c1ccc(I)cc1[N+](=O)[O-]. The summed E-state index contributed by atoms with van der Waals surface area (Å²) < 4.78 is 0.758. The summed E-state index contributed by atoms with van der Waals surface area (Å²) in [4.78, 5) is 23.3. The van der Waals surface area contributed by atoms with E-state index < -0.39 is 16.9 Å². The molecule has 1 aliphatic rings. The molecule has 0 saturated carbocycles. The minimum Gasteiger partial charge on any atom is -0.480 e. The Morgan fingerprint density at radius 2 is 2.28 bits per heavy atom. The largest absolute Gasteiger partial charge is 0.480 e. The van der Waals surface area contributed by atoms with Crippen molar-refractivity contribution in [3.8, 4) is 0 Å². The Hall–Kier alpha value is -1.38. The number of hydrogen-bond acceptors (Lipinski definition) is 4. The Morgan fingerprint density at radius 1 is 1.56 bits per heavy atom. The van der Waals surface area contributed by atoms with Gasteiger partial charge in [-0.15, -0.1) is 0 Å². The van der Waals surface area contributed by atoms with Crippen LogP contribution in [0.1, 0.15) is 12.8 Å². The lowest BCUT2D eigenvalue weighted by Crippen LogP contribution is -2.36. The molecule has 1 aliphatic heterocycles. The summed E-state index contributed by atoms with van der Waals surface area (Å²) in [6.45, 7) is 0.540. The molecule has 96 valence electrons. The first kappa shape index (κ1) is 13.1. The molecular formula is C11H11IN2O4. The molecule has 1 saturated heterocycles. The van der Waals surface area contributed by atoms with Crippen molar-refractivity contribution in [3.63, 3.8) is 0 Å². The van der Waals surface area contributed by atoms with Crippen LogP contribution in [-0.4, -0.2) is 28.6 Å². The maximum Gasteiger partial charge on any atom is 0.326 e. The Balaban J connectivity index is 2.44. The molecule has 0 radical (unpaired) electrons. The second kappa shape index (κ2) is 5.09. The van der Waals surface area contributed by atoms with Crippen LogP contribution in [0.3, 0.4) is 0 Å². The number of carbonyl (C=O) groups is 1. The Kier molecular flexibility index (Phi) is 3.69. The first-order valence-electron chi connectivity index (χ1n) is 5.44. The van der Waals surface area contributed by atoms with Gasteiger partial charge in [-0.25, -0.2) is 4.79 Å². The lowest BCUT2D eigenvalue weighted by atomic mass is 10.2. The standard InChI is InChI=1S/C11H11IN2O4/c12-7-3-4-8(10(6-7)14(17)18)13-5-1-2-9(13)11(15)16/h3-4,6,9H,1-2,5H2,(H,15,16). The lowest BCUT2D eigenvalue weighted by molar-refractivity contribution is -0.384. The van der Waals surface area contributed by atoms with Crippen LogP contribution in [-0.2, 0) is 4.79 Å². The van der Waals surface area contributed by atoms with Gasteiger partial charge < -0.3 is 10.0 Å². The highest BCUT2D eigenvalue weighted by atomic mass is 127. The smallest absolute Gasteiger partial charge is 0.326 e. The average Bonchev–Trinajstić information content (AvgIpc) is 2.77. The zero-order valence-corrected chi connectivity index (χ0v) is 11.5. The third kappa shape index (κ3) is 2.40. The van der Waals surface area contributed by atoms with E-state index in [0.717, 1.165) is 9.99 Å². The van der Waals surface area contributed by atoms with Crippen molar-refractivity contribution >= 4 is 39.9 Å². The van der Waals surface area contributed by atoms with E-state index in [9.17, 15) is 14.9 Å². The molecule has 0 aliphatic carbocycles. The molecule has 1 unspecified atom stereocenters. The molecule has 2 rings (SSSR count). The van der Waals surface area contributed by atoms with Crippen LogP contribution in [0.15, 0.2) is 18.2 Å². The van der Waals surface area contributed by atoms with Crippen molar-refractivity contribution in [2.45, 2.75) is 18.9 Å². The van der Waals surface area contributed by atoms with Gasteiger partial charge in [-0.3, -0.25) is 10.1 Å². The highest BCUT2D eigenvalue weighted by molar-refractivity contribution is 14.1. The van der Waals surface area contributed by atoms with E-state index in [0.29, 0.717) is 18.7 Å². The van der Waals surface area contributed by atoms with E-state index >= 15 is 0 Å². The van der Waals surface area contributed by atoms with Crippen molar-refractivity contribution in [1.29, 1.82) is 0 Å². The maximum absolute atomic E-state index is 11.1. The number of nitrogens with zero attached hydrogens (tertiary/aromatic N) is 2. The van der Waals surface area contributed by atoms with Crippen LogP contribution in [0.25, 0.3) is 0 Å². The monoisotopic (exact) mass is 362 g/mol.